The number of aromatic nitrogens is 1. The van der Waals surface area contributed by atoms with E-state index in [-0.39, 0.29) is 12.1 Å². The van der Waals surface area contributed by atoms with Crippen molar-refractivity contribution < 1.29 is 14.4 Å². The highest BCUT2D eigenvalue weighted by Gasteiger charge is 2.33. The van der Waals surface area contributed by atoms with Crippen LogP contribution in [0.4, 0.5) is 5.69 Å². The lowest BCUT2D eigenvalue weighted by Gasteiger charge is -2.37. The number of nitrogens with zero attached hydrogens (tertiary/aromatic N) is 2. The van der Waals surface area contributed by atoms with Crippen molar-refractivity contribution in [1.29, 1.82) is 0 Å². The lowest BCUT2D eigenvalue weighted by Crippen LogP contribution is -3.14. The highest BCUT2D eigenvalue weighted by molar-refractivity contribution is 6.01. The molecule has 1 fully saturated rings. The van der Waals surface area contributed by atoms with Crippen molar-refractivity contribution in [3.63, 3.8) is 0 Å². The Bertz CT molecular complexity index is 746. The first-order chi connectivity index (χ1) is 12.8. The number of hydrogen-bond donors (Lipinski definition) is 2. The summed E-state index contributed by atoms with van der Waals surface area (Å²) >= 11 is 0. The summed E-state index contributed by atoms with van der Waals surface area (Å²) in [6.45, 7) is 5.56. The smallest absolute Gasteiger partial charge is 0.257 e. The first-order valence-corrected chi connectivity index (χ1v) is 9.32. The number of fused-ring (bicyclic) bond motifs is 1. The normalized spacial score (nSPS) is 20.5. The van der Waals surface area contributed by atoms with Gasteiger partial charge in [0, 0.05) is 24.8 Å². The molecule has 0 unspecified atom stereocenters. The fourth-order valence-electron chi connectivity index (χ4n) is 3.70. The monoisotopic (exact) mass is 353 g/mol. The van der Waals surface area contributed by atoms with E-state index in [0.29, 0.717) is 6.54 Å². The number of amides is 1. The summed E-state index contributed by atoms with van der Waals surface area (Å²) in [5, 5.41) is 3.50. The van der Waals surface area contributed by atoms with Gasteiger partial charge in [0.25, 0.3) is 5.91 Å². The summed E-state index contributed by atoms with van der Waals surface area (Å²) < 4.78 is 5.42. The highest BCUT2D eigenvalue weighted by Crippen LogP contribution is 2.32. The third kappa shape index (κ3) is 3.57. The molecule has 2 aliphatic rings. The zero-order chi connectivity index (χ0) is 17.8. The van der Waals surface area contributed by atoms with Crippen LogP contribution in [0.25, 0.3) is 0 Å². The van der Waals surface area contributed by atoms with Crippen molar-refractivity contribution in [2.75, 3.05) is 44.7 Å². The van der Waals surface area contributed by atoms with Crippen LogP contribution in [0.5, 0.6) is 0 Å². The molecule has 1 aromatic carbocycles. The summed E-state index contributed by atoms with van der Waals surface area (Å²) in [5.41, 5.74) is 2.48. The number of para-hydroxylation sites is 1. The van der Waals surface area contributed by atoms with Gasteiger partial charge in [-0.05, 0) is 24.3 Å². The molecular weight excluding hydrogens is 328 g/mol. The molecule has 2 N–H and O–H groups in total. The van der Waals surface area contributed by atoms with Crippen molar-refractivity contribution >= 4 is 11.6 Å². The second-order valence-electron chi connectivity index (χ2n) is 6.81. The van der Waals surface area contributed by atoms with E-state index in [4.69, 9.17) is 4.74 Å². The van der Waals surface area contributed by atoms with Gasteiger partial charge in [0.15, 0.2) is 0 Å². The van der Waals surface area contributed by atoms with Gasteiger partial charge in [0.05, 0.1) is 31.0 Å². The number of nitrogens with one attached hydrogen (secondary N) is 2. The summed E-state index contributed by atoms with van der Waals surface area (Å²) in [6, 6.07) is 13.5. The Hall–Kier alpha value is -2.44. The number of pyridine rings is 1. The number of carbonyl (C=O) groups is 1. The Morgan fingerprint density at radius 1 is 1.15 bits per heavy atom. The van der Waals surface area contributed by atoms with Gasteiger partial charge in [-0.15, -0.1) is 0 Å². The summed E-state index contributed by atoms with van der Waals surface area (Å²) in [5.74, 6) is 0.0759. The van der Waals surface area contributed by atoms with E-state index in [9.17, 15) is 4.79 Å². The van der Waals surface area contributed by atoms with Crippen molar-refractivity contribution in [3.8, 4) is 0 Å². The van der Waals surface area contributed by atoms with E-state index in [1.807, 2.05) is 47.4 Å². The summed E-state index contributed by atoms with van der Waals surface area (Å²) in [7, 11) is 0. The van der Waals surface area contributed by atoms with Crippen LogP contribution in [0, 0.1) is 0 Å². The molecule has 26 heavy (non-hydrogen) atoms. The van der Waals surface area contributed by atoms with Crippen LogP contribution in [0.1, 0.15) is 28.6 Å². The molecule has 1 aromatic heterocycles. The number of morpholine rings is 1. The third-order valence-corrected chi connectivity index (χ3v) is 5.12. The summed E-state index contributed by atoms with van der Waals surface area (Å²) in [4.78, 5) is 21.1. The highest BCUT2D eigenvalue weighted by atomic mass is 16.5. The number of ether oxygens (including phenoxy) is 1. The number of benzene rings is 1. The molecule has 0 radical (unpaired) electrons. The Balaban J connectivity index is 1.51. The molecule has 136 valence electrons. The second-order valence-corrected chi connectivity index (χ2v) is 6.81. The van der Waals surface area contributed by atoms with E-state index in [2.05, 4.69) is 10.3 Å². The molecule has 0 aliphatic carbocycles. The van der Waals surface area contributed by atoms with E-state index >= 15 is 0 Å². The zero-order valence-electron chi connectivity index (χ0n) is 14.9. The first-order valence-electron chi connectivity index (χ1n) is 9.32. The fourth-order valence-corrected chi connectivity index (χ4v) is 3.70. The lowest BCUT2D eigenvalue weighted by molar-refractivity contribution is -0.908. The number of quaternary nitrogens is 1. The maximum atomic E-state index is 13.1. The molecule has 3 heterocycles. The predicted octanol–water partition coefficient (Wildman–Crippen LogP) is 0.953. The quantitative estimate of drug-likeness (QED) is 0.840. The number of anilines is 1. The van der Waals surface area contributed by atoms with E-state index in [1.54, 1.807) is 11.1 Å². The molecule has 1 amide bonds. The molecule has 6 nitrogen and oxygen atoms in total. The van der Waals surface area contributed by atoms with Crippen LogP contribution in [0.15, 0.2) is 48.7 Å². The Labute approximate surface area is 153 Å². The van der Waals surface area contributed by atoms with Crippen molar-refractivity contribution in [2.45, 2.75) is 12.6 Å². The Morgan fingerprint density at radius 2 is 1.96 bits per heavy atom. The first kappa shape index (κ1) is 17.0. The zero-order valence-corrected chi connectivity index (χ0v) is 14.9. The van der Waals surface area contributed by atoms with Crippen LogP contribution < -0.4 is 10.2 Å². The van der Waals surface area contributed by atoms with Crippen LogP contribution in [-0.4, -0.2) is 55.2 Å². The van der Waals surface area contributed by atoms with Gasteiger partial charge in [-0.25, -0.2) is 0 Å². The fraction of sp³-hybridized carbons (Fsp3) is 0.400. The minimum Gasteiger partial charge on any atom is -0.370 e. The minimum absolute atomic E-state index is 0.0759. The summed E-state index contributed by atoms with van der Waals surface area (Å²) in [6.07, 6.45) is 2.52. The van der Waals surface area contributed by atoms with Crippen molar-refractivity contribution in [3.05, 3.63) is 59.9 Å². The van der Waals surface area contributed by atoms with Crippen LogP contribution >= 0.6 is 0 Å². The van der Waals surface area contributed by atoms with Gasteiger partial charge in [-0.3, -0.25) is 9.78 Å². The molecule has 0 bridgehead atoms. The number of rotatable bonds is 5. The standard InChI is InChI=1S/C20H24N4O2/c25-20-16-6-1-2-7-17(16)22-19(18-8-3-4-9-21-18)24(20)11-5-10-23-12-14-26-15-13-23/h1-4,6-9,19,22H,5,10-15H2/p+1/t19-/m1/s1. The average Bonchev–Trinajstić information content (AvgIpc) is 2.71. The van der Waals surface area contributed by atoms with E-state index < -0.39 is 0 Å². The second kappa shape index (κ2) is 7.85. The van der Waals surface area contributed by atoms with Crippen LogP contribution in [0.2, 0.25) is 0 Å². The molecule has 2 aliphatic heterocycles. The van der Waals surface area contributed by atoms with Gasteiger partial charge >= 0.3 is 0 Å². The van der Waals surface area contributed by atoms with Crippen molar-refractivity contribution in [2.24, 2.45) is 0 Å². The van der Waals surface area contributed by atoms with Crippen LogP contribution in [-0.2, 0) is 4.74 Å². The molecule has 6 heteroatoms. The van der Waals surface area contributed by atoms with Gasteiger partial charge < -0.3 is 19.9 Å². The average molecular weight is 353 g/mol. The molecule has 1 saturated heterocycles. The van der Waals surface area contributed by atoms with E-state index in [0.717, 1.165) is 56.2 Å². The Morgan fingerprint density at radius 3 is 2.77 bits per heavy atom. The van der Waals surface area contributed by atoms with E-state index in [1.165, 1.54) is 0 Å². The predicted molar refractivity (Wildman–Crippen MR) is 99.1 cm³/mol. The van der Waals surface area contributed by atoms with Gasteiger partial charge in [-0.2, -0.15) is 0 Å². The number of hydrogen-bond acceptors (Lipinski definition) is 4. The molecule has 0 saturated carbocycles. The minimum atomic E-state index is -0.224. The number of carbonyl (C=O) groups excluding carboxylic acids is 1. The van der Waals surface area contributed by atoms with Gasteiger partial charge in [-0.1, -0.05) is 18.2 Å². The van der Waals surface area contributed by atoms with Crippen LogP contribution in [0.3, 0.4) is 0 Å². The lowest BCUT2D eigenvalue weighted by atomic mass is 10.1. The molecule has 4 rings (SSSR count). The SMILES string of the molecule is O=C1c2ccccc2N[C@@H](c2ccccn2)N1CCC[NH+]1CCOCC1. The molecule has 1 atom stereocenters. The maximum absolute atomic E-state index is 13.1. The molecule has 0 spiro atoms. The van der Waals surface area contributed by atoms with Crippen molar-refractivity contribution in [1.82, 2.24) is 9.88 Å². The largest absolute Gasteiger partial charge is 0.370 e. The molecule has 2 aromatic rings. The van der Waals surface area contributed by atoms with Gasteiger partial charge in [0.1, 0.15) is 19.3 Å². The maximum Gasteiger partial charge on any atom is 0.257 e. The topological polar surface area (TPSA) is 58.9 Å². The van der Waals surface area contributed by atoms with Gasteiger partial charge in [0.2, 0.25) is 0 Å². The molecular formula is C20H25N4O2+. The Kier molecular flexibility index (Phi) is 5.13. The third-order valence-electron chi connectivity index (χ3n) is 5.12.